The lowest BCUT2D eigenvalue weighted by atomic mass is 10.2. The van der Waals surface area contributed by atoms with Crippen LogP contribution >= 0.6 is 0 Å². The molecular formula is C16H28N4O. The van der Waals surface area contributed by atoms with E-state index in [-0.39, 0.29) is 0 Å². The molecule has 5 nitrogen and oxygen atoms in total. The summed E-state index contributed by atoms with van der Waals surface area (Å²) < 4.78 is 8.00. The molecule has 0 aromatic carbocycles. The van der Waals surface area contributed by atoms with Crippen LogP contribution in [0.1, 0.15) is 31.8 Å². The zero-order chi connectivity index (χ0) is 14.7. The molecular weight excluding hydrogens is 264 g/mol. The van der Waals surface area contributed by atoms with E-state index in [9.17, 15) is 0 Å². The van der Waals surface area contributed by atoms with Gasteiger partial charge in [-0.1, -0.05) is 13.8 Å². The molecule has 1 fully saturated rings. The van der Waals surface area contributed by atoms with Crippen molar-refractivity contribution in [2.24, 2.45) is 0 Å². The molecule has 0 amide bonds. The lowest BCUT2D eigenvalue weighted by Crippen LogP contribution is -2.37. The Morgan fingerprint density at radius 1 is 1.29 bits per heavy atom. The lowest BCUT2D eigenvalue weighted by Gasteiger charge is -2.25. The molecule has 0 N–H and O–H groups in total. The highest BCUT2D eigenvalue weighted by Crippen LogP contribution is 2.18. The van der Waals surface area contributed by atoms with Crippen molar-refractivity contribution in [1.82, 2.24) is 19.4 Å². The molecule has 1 aromatic rings. The first-order valence-electron chi connectivity index (χ1n) is 8.39. The molecule has 2 aliphatic heterocycles. The topological polar surface area (TPSA) is 33.5 Å². The van der Waals surface area contributed by atoms with E-state index in [4.69, 9.17) is 4.74 Å². The van der Waals surface area contributed by atoms with Gasteiger partial charge in [0.1, 0.15) is 5.82 Å². The van der Waals surface area contributed by atoms with Gasteiger partial charge in [0.2, 0.25) is 0 Å². The monoisotopic (exact) mass is 292 g/mol. The fourth-order valence-electron chi connectivity index (χ4n) is 3.49. The second-order valence-electron chi connectivity index (χ2n) is 6.08. The van der Waals surface area contributed by atoms with Crippen LogP contribution in [0.15, 0.2) is 6.20 Å². The summed E-state index contributed by atoms with van der Waals surface area (Å²) in [5.41, 5.74) is 1.37. The number of fused-ring (bicyclic) bond motifs is 1. The Labute approximate surface area is 127 Å². The minimum absolute atomic E-state index is 0.626. The van der Waals surface area contributed by atoms with Crippen LogP contribution < -0.4 is 0 Å². The Hall–Kier alpha value is -0.910. The van der Waals surface area contributed by atoms with Gasteiger partial charge in [0.25, 0.3) is 0 Å². The van der Waals surface area contributed by atoms with Crippen molar-refractivity contribution in [3.63, 3.8) is 0 Å². The Balaban J connectivity index is 1.67. The van der Waals surface area contributed by atoms with E-state index in [1.807, 2.05) is 0 Å². The molecule has 0 saturated carbocycles. The van der Waals surface area contributed by atoms with Crippen LogP contribution in [0.25, 0.3) is 0 Å². The molecule has 1 aromatic heterocycles. The van der Waals surface area contributed by atoms with E-state index in [2.05, 4.69) is 39.4 Å². The van der Waals surface area contributed by atoms with Crippen molar-refractivity contribution in [2.45, 2.75) is 45.8 Å². The minimum Gasteiger partial charge on any atom is -0.380 e. The Morgan fingerprint density at radius 2 is 2.14 bits per heavy atom. The van der Waals surface area contributed by atoms with Crippen molar-refractivity contribution >= 4 is 0 Å². The first-order chi connectivity index (χ1) is 10.3. The summed E-state index contributed by atoms with van der Waals surface area (Å²) in [5, 5.41) is 0. The first-order valence-corrected chi connectivity index (χ1v) is 8.39. The van der Waals surface area contributed by atoms with Crippen LogP contribution in [0.5, 0.6) is 0 Å². The number of aromatic nitrogens is 2. The maximum atomic E-state index is 5.54. The van der Waals surface area contributed by atoms with Gasteiger partial charge in [-0.15, -0.1) is 0 Å². The third kappa shape index (κ3) is 3.30. The van der Waals surface area contributed by atoms with E-state index < -0.39 is 0 Å². The van der Waals surface area contributed by atoms with Crippen molar-refractivity contribution in [3.8, 4) is 0 Å². The number of hydrogen-bond acceptors (Lipinski definition) is 4. The second kappa shape index (κ2) is 6.90. The van der Waals surface area contributed by atoms with Crippen LogP contribution in [0.4, 0.5) is 0 Å². The summed E-state index contributed by atoms with van der Waals surface area (Å²) in [4.78, 5) is 9.73. The van der Waals surface area contributed by atoms with Crippen LogP contribution in [0.2, 0.25) is 0 Å². The Kier molecular flexibility index (Phi) is 4.93. The van der Waals surface area contributed by atoms with Crippen LogP contribution in [0.3, 0.4) is 0 Å². The van der Waals surface area contributed by atoms with E-state index in [0.717, 1.165) is 58.9 Å². The maximum absolute atomic E-state index is 5.54. The quantitative estimate of drug-likeness (QED) is 0.821. The molecule has 0 radical (unpaired) electrons. The molecule has 1 unspecified atom stereocenters. The highest BCUT2D eigenvalue weighted by molar-refractivity contribution is 5.08. The van der Waals surface area contributed by atoms with Gasteiger partial charge in [-0.05, 0) is 19.5 Å². The zero-order valence-corrected chi connectivity index (χ0v) is 13.4. The van der Waals surface area contributed by atoms with Crippen molar-refractivity contribution in [1.29, 1.82) is 0 Å². The van der Waals surface area contributed by atoms with E-state index in [0.29, 0.717) is 6.04 Å². The third-order valence-electron chi connectivity index (χ3n) is 4.96. The van der Waals surface area contributed by atoms with Gasteiger partial charge < -0.3 is 9.30 Å². The van der Waals surface area contributed by atoms with Gasteiger partial charge >= 0.3 is 0 Å². The summed E-state index contributed by atoms with van der Waals surface area (Å²) in [6.07, 6.45) is 4.34. The molecule has 1 atom stereocenters. The lowest BCUT2D eigenvalue weighted by molar-refractivity contribution is 0.145. The predicted octanol–water partition coefficient (Wildman–Crippen LogP) is 1.37. The molecule has 2 aliphatic rings. The summed E-state index contributed by atoms with van der Waals surface area (Å²) in [7, 11) is 0. The molecule has 1 saturated heterocycles. The SMILES string of the molecule is CCN(CC)Cc1cnc2n1CCN(C1CCOC1)CC2. The molecule has 5 heteroatoms. The van der Waals surface area contributed by atoms with E-state index >= 15 is 0 Å². The molecule has 0 spiro atoms. The van der Waals surface area contributed by atoms with Crippen molar-refractivity contribution in [3.05, 3.63) is 17.7 Å². The third-order valence-corrected chi connectivity index (χ3v) is 4.96. The molecule has 0 aliphatic carbocycles. The van der Waals surface area contributed by atoms with Gasteiger partial charge in [-0.3, -0.25) is 9.80 Å². The highest BCUT2D eigenvalue weighted by Gasteiger charge is 2.26. The first kappa shape index (κ1) is 15.0. The minimum atomic E-state index is 0.626. The number of ether oxygens (including phenoxy) is 1. The van der Waals surface area contributed by atoms with Gasteiger partial charge in [0.15, 0.2) is 0 Å². The molecule has 118 valence electrons. The van der Waals surface area contributed by atoms with E-state index in [1.54, 1.807) is 0 Å². The largest absolute Gasteiger partial charge is 0.380 e. The molecule has 3 heterocycles. The van der Waals surface area contributed by atoms with Crippen LogP contribution in [-0.2, 0) is 24.2 Å². The molecule has 0 bridgehead atoms. The smallest absolute Gasteiger partial charge is 0.110 e. The fraction of sp³-hybridized carbons (Fsp3) is 0.812. The zero-order valence-electron chi connectivity index (χ0n) is 13.4. The summed E-state index contributed by atoms with van der Waals surface area (Å²) in [6.45, 7) is 12.8. The summed E-state index contributed by atoms with van der Waals surface area (Å²) >= 11 is 0. The number of imidazole rings is 1. The summed E-state index contributed by atoms with van der Waals surface area (Å²) in [5.74, 6) is 1.26. The standard InChI is InChI=1S/C16H28N4O/c1-3-18(4-2)12-15-11-17-16-5-7-19(8-9-20(15)16)14-6-10-21-13-14/h11,14H,3-10,12-13H2,1-2H3. The average molecular weight is 292 g/mol. The maximum Gasteiger partial charge on any atom is 0.110 e. The average Bonchev–Trinajstić information content (AvgIpc) is 3.12. The molecule has 21 heavy (non-hydrogen) atoms. The predicted molar refractivity (Wildman–Crippen MR) is 83.4 cm³/mol. The van der Waals surface area contributed by atoms with Gasteiger partial charge in [0.05, 0.1) is 12.3 Å². The number of rotatable bonds is 5. The normalized spacial score (nSPS) is 23.5. The molecule has 3 rings (SSSR count). The summed E-state index contributed by atoms with van der Waals surface area (Å²) in [6, 6.07) is 0.626. The van der Waals surface area contributed by atoms with Crippen LogP contribution in [-0.4, -0.2) is 64.8 Å². The number of hydrogen-bond donors (Lipinski definition) is 0. The fourth-order valence-corrected chi connectivity index (χ4v) is 3.49. The second-order valence-corrected chi connectivity index (χ2v) is 6.08. The number of nitrogens with zero attached hydrogens (tertiary/aromatic N) is 4. The van der Waals surface area contributed by atoms with Gasteiger partial charge in [-0.25, -0.2) is 4.98 Å². The van der Waals surface area contributed by atoms with Crippen molar-refractivity contribution < 1.29 is 4.74 Å². The highest BCUT2D eigenvalue weighted by atomic mass is 16.5. The van der Waals surface area contributed by atoms with E-state index in [1.165, 1.54) is 17.9 Å². The Bertz CT molecular complexity index is 449. The van der Waals surface area contributed by atoms with Gasteiger partial charge in [-0.2, -0.15) is 0 Å². The Morgan fingerprint density at radius 3 is 2.86 bits per heavy atom. The van der Waals surface area contributed by atoms with Crippen molar-refractivity contribution in [2.75, 3.05) is 39.4 Å². The van der Waals surface area contributed by atoms with Crippen LogP contribution in [0, 0.1) is 0 Å². The van der Waals surface area contributed by atoms with Gasteiger partial charge in [0, 0.05) is 51.4 Å².